The smallest absolute Gasteiger partial charge is 0.305 e. The fraction of sp³-hybridized carbons (Fsp3) is 0.750. The zero-order chi connectivity index (χ0) is 9.40. The lowest BCUT2D eigenvalue weighted by Crippen LogP contribution is -2.17. The molecule has 0 aromatic heterocycles. The summed E-state index contributed by atoms with van der Waals surface area (Å²) in [5.41, 5.74) is 5.32. The van der Waals surface area contributed by atoms with E-state index in [1.165, 1.54) is 0 Å². The number of hydrogen-bond donors (Lipinski definition) is 1. The number of nitriles is 1. The van der Waals surface area contributed by atoms with Gasteiger partial charge in [-0.2, -0.15) is 5.26 Å². The molecule has 0 spiro atoms. The molecule has 0 aliphatic rings. The summed E-state index contributed by atoms with van der Waals surface area (Å²) in [5, 5.41) is 8.31. The molecule has 0 radical (unpaired) electrons. The summed E-state index contributed by atoms with van der Waals surface area (Å²) >= 11 is 0. The van der Waals surface area contributed by atoms with Crippen molar-refractivity contribution in [2.45, 2.75) is 32.2 Å². The summed E-state index contributed by atoms with van der Waals surface area (Å²) in [5.74, 6) is -0.220. The van der Waals surface area contributed by atoms with Crippen LogP contribution in [0.3, 0.4) is 0 Å². The standard InChI is InChI=1S/C8H14N2O2/c1-2-12-8(11)5-3-4-7(10)6-9/h7H,2-5,10H2,1H3. The first-order valence-electron chi connectivity index (χ1n) is 4.01. The Bertz CT molecular complexity index is 174. The maximum Gasteiger partial charge on any atom is 0.305 e. The first-order valence-corrected chi connectivity index (χ1v) is 4.01. The molecule has 1 atom stereocenters. The summed E-state index contributed by atoms with van der Waals surface area (Å²) in [6.07, 6.45) is 1.52. The molecule has 2 N–H and O–H groups in total. The highest BCUT2D eigenvalue weighted by Crippen LogP contribution is 1.99. The number of carbonyl (C=O) groups is 1. The average Bonchev–Trinajstić information content (AvgIpc) is 2.04. The van der Waals surface area contributed by atoms with Gasteiger partial charge in [0.25, 0.3) is 0 Å². The molecule has 0 fully saturated rings. The molecule has 4 nitrogen and oxygen atoms in total. The van der Waals surface area contributed by atoms with Gasteiger partial charge < -0.3 is 10.5 Å². The van der Waals surface area contributed by atoms with Crippen LogP contribution in [-0.2, 0) is 9.53 Å². The predicted molar refractivity (Wildman–Crippen MR) is 44.1 cm³/mol. The monoisotopic (exact) mass is 170 g/mol. The largest absolute Gasteiger partial charge is 0.466 e. The van der Waals surface area contributed by atoms with E-state index < -0.39 is 6.04 Å². The highest BCUT2D eigenvalue weighted by atomic mass is 16.5. The Morgan fingerprint density at radius 2 is 2.42 bits per heavy atom. The number of esters is 1. The van der Waals surface area contributed by atoms with Crippen molar-refractivity contribution in [1.82, 2.24) is 0 Å². The molecular weight excluding hydrogens is 156 g/mol. The van der Waals surface area contributed by atoms with Gasteiger partial charge in [0, 0.05) is 6.42 Å². The van der Waals surface area contributed by atoms with Crippen LogP contribution >= 0.6 is 0 Å². The molecule has 0 heterocycles. The third kappa shape index (κ3) is 5.69. The number of carbonyl (C=O) groups excluding carboxylic acids is 1. The molecule has 0 rings (SSSR count). The molecule has 0 saturated heterocycles. The van der Waals surface area contributed by atoms with Crippen LogP contribution in [-0.4, -0.2) is 18.6 Å². The van der Waals surface area contributed by atoms with Gasteiger partial charge in [0.2, 0.25) is 0 Å². The van der Waals surface area contributed by atoms with E-state index in [4.69, 9.17) is 15.7 Å². The number of rotatable bonds is 5. The van der Waals surface area contributed by atoms with Crippen LogP contribution in [0, 0.1) is 11.3 Å². The van der Waals surface area contributed by atoms with E-state index in [9.17, 15) is 4.79 Å². The van der Waals surface area contributed by atoms with Crippen LogP contribution in [0.4, 0.5) is 0 Å². The molecule has 1 unspecified atom stereocenters. The summed E-state index contributed by atoms with van der Waals surface area (Å²) in [4.78, 5) is 10.8. The zero-order valence-corrected chi connectivity index (χ0v) is 7.25. The Hall–Kier alpha value is -1.08. The van der Waals surface area contributed by atoms with Gasteiger partial charge in [-0.25, -0.2) is 0 Å². The van der Waals surface area contributed by atoms with Gasteiger partial charge in [0.1, 0.15) is 0 Å². The summed E-state index contributed by atoms with van der Waals surface area (Å²) < 4.78 is 4.69. The van der Waals surface area contributed by atoms with Crippen molar-refractivity contribution in [3.05, 3.63) is 0 Å². The van der Waals surface area contributed by atoms with Gasteiger partial charge in [0.05, 0.1) is 18.7 Å². The molecule has 68 valence electrons. The van der Waals surface area contributed by atoms with Gasteiger partial charge in [0.15, 0.2) is 0 Å². The number of nitrogens with two attached hydrogens (primary N) is 1. The van der Waals surface area contributed by atoms with E-state index in [0.29, 0.717) is 25.9 Å². The first-order chi connectivity index (χ1) is 5.70. The van der Waals surface area contributed by atoms with Gasteiger partial charge in [-0.15, -0.1) is 0 Å². The fourth-order valence-electron chi connectivity index (χ4n) is 0.764. The lowest BCUT2D eigenvalue weighted by atomic mass is 10.1. The van der Waals surface area contributed by atoms with Crippen molar-refractivity contribution < 1.29 is 9.53 Å². The Morgan fingerprint density at radius 3 is 2.92 bits per heavy atom. The minimum atomic E-state index is -0.459. The van der Waals surface area contributed by atoms with E-state index in [1.54, 1.807) is 6.92 Å². The number of ether oxygens (including phenoxy) is 1. The minimum absolute atomic E-state index is 0.220. The molecule has 0 bridgehead atoms. The quantitative estimate of drug-likeness (QED) is 0.612. The summed E-state index contributed by atoms with van der Waals surface area (Å²) in [7, 11) is 0. The van der Waals surface area contributed by atoms with Crippen molar-refractivity contribution in [2.75, 3.05) is 6.61 Å². The summed E-state index contributed by atoms with van der Waals surface area (Å²) in [6.45, 7) is 2.17. The topological polar surface area (TPSA) is 76.1 Å². The molecular formula is C8H14N2O2. The van der Waals surface area contributed by atoms with Crippen LogP contribution in [0.1, 0.15) is 26.2 Å². The van der Waals surface area contributed by atoms with Crippen molar-refractivity contribution >= 4 is 5.97 Å². The Morgan fingerprint density at radius 1 is 1.75 bits per heavy atom. The van der Waals surface area contributed by atoms with E-state index in [1.807, 2.05) is 6.07 Å². The lowest BCUT2D eigenvalue weighted by Gasteiger charge is -2.02. The third-order valence-corrected chi connectivity index (χ3v) is 1.37. The molecule has 0 aromatic carbocycles. The highest BCUT2D eigenvalue weighted by molar-refractivity contribution is 5.69. The lowest BCUT2D eigenvalue weighted by molar-refractivity contribution is -0.143. The van der Waals surface area contributed by atoms with Crippen molar-refractivity contribution in [3.63, 3.8) is 0 Å². The molecule has 4 heteroatoms. The van der Waals surface area contributed by atoms with Crippen molar-refractivity contribution in [1.29, 1.82) is 5.26 Å². The van der Waals surface area contributed by atoms with E-state index in [-0.39, 0.29) is 5.97 Å². The third-order valence-electron chi connectivity index (χ3n) is 1.37. The Labute approximate surface area is 72.3 Å². The van der Waals surface area contributed by atoms with Gasteiger partial charge >= 0.3 is 5.97 Å². The van der Waals surface area contributed by atoms with Crippen LogP contribution < -0.4 is 5.73 Å². The van der Waals surface area contributed by atoms with E-state index >= 15 is 0 Å². The molecule has 0 aliphatic carbocycles. The molecule has 12 heavy (non-hydrogen) atoms. The second-order valence-electron chi connectivity index (χ2n) is 2.43. The fourth-order valence-corrected chi connectivity index (χ4v) is 0.764. The van der Waals surface area contributed by atoms with Crippen LogP contribution in [0.15, 0.2) is 0 Å². The normalized spacial score (nSPS) is 11.8. The second-order valence-corrected chi connectivity index (χ2v) is 2.43. The maximum absolute atomic E-state index is 10.8. The van der Waals surface area contributed by atoms with Crippen LogP contribution in [0.5, 0.6) is 0 Å². The van der Waals surface area contributed by atoms with Crippen molar-refractivity contribution in [3.8, 4) is 6.07 Å². The van der Waals surface area contributed by atoms with Crippen molar-refractivity contribution in [2.24, 2.45) is 5.73 Å². The second kappa shape index (κ2) is 6.62. The number of nitrogens with zero attached hydrogens (tertiary/aromatic N) is 1. The van der Waals surface area contributed by atoms with Gasteiger partial charge in [-0.1, -0.05) is 0 Å². The minimum Gasteiger partial charge on any atom is -0.466 e. The predicted octanol–water partition coefficient (Wildman–Crippen LogP) is 0.571. The molecule has 0 aliphatic heterocycles. The average molecular weight is 170 g/mol. The molecule has 0 aromatic rings. The Balaban J connectivity index is 3.32. The number of hydrogen-bond acceptors (Lipinski definition) is 4. The van der Waals surface area contributed by atoms with Crippen LogP contribution in [0.2, 0.25) is 0 Å². The highest BCUT2D eigenvalue weighted by Gasteiger charge is 2.04. The zero-order valence-electron chi connectivity index (χ0n) is 7.25. The van der Waals surface area contributed by atoms with E-state index in [2.05, 4.69) is 0 Å². The van der Waals surface area contributed by atoms with Crippen LogP contribution in [0.25, 0.3) is 0 Å². The van der Waals surface area contributed by atoms with Gasteiger partial charge in [-0.05, 0) is 19.8 Å². The SMILES string of the molecule is CCOC(=O)CCCC(N)C#N. The Kier molecular flexibility index (Phi) is 6.02. The molecule has 0 saturated carbocycles. The maximum atomic E-state index is 10.8. The molecule has 0 amide bonds. The van der Waals surface area contributed by atoms with E-state index in [0.717, 1.165) is 0 Å². The summed E-state index contributed by atoms with van der Waals surface area (Å²) in [6, 6.07) is 1.44. The first kappa shape index (κ1) is 10.9. The van der Waals surface area contributed by atoms with Gasteiger partial charge in [-0.3, -0.25) is 4.79 Å².